The van der Waals surface area contributed by atoms with E-state index in [1.807, 2.05) is 6.07 Å². The molecule has 1 unspecified atom stereocenters. The third-order valence-corrected chi connectivity index (χ3v) is 4.37. The maximum atomic E-state index is 12.1. The Hall–Kier alpha value is -1.53. The number of hydrogen-bond acceptors (Lipinski definition) is 3. The summed E-state index contributed by atoms with van der Waals surface area (Å²) in [5, 5.41) is 0. The van der Waals surface area contributed by atoms with E-state index in [1.54, 1.807) is 23.5 Å². The van der Waals surface area contributed by atoms with Gasteiger partial charge in [0.2, 0.25) is 0 Å². The van der Waals surface area contributed by atoms with Gasteiger partial charge in [0.15, 0.2) is 0 Å². The van der Waals surface area contributed by atoms with Crippen LogP contribution in [-0.4, -0.2) is 6.36 Å². The molecule has 0 aliphatic carbocycles. The summed E-state index contributed by atoms with van der Waals surface area (Å²) in [6.45, 7) is 2.08. The van der Waals surface area contributed by atoms with E-state index < -0.39 is 6.36 Å². The Morgan fingerprint density at radius 2 is 1.81 bits per heavy atom. The molecule has 0 spiro atoms. The standard InChI is InChI=1S/C15H16F3NOS/c1-2-12-7-8-14(21-12)13(19)9-10-3-5-11(6-4-10)20-15(16,17)18/h3-8,13H,2,9,19H2,1H3. The van der Waals surface area contributed by atoms with Crippen molar-refractivity contribution in [2.24, 2.45) is 5.73 Å². The van der Waals surface area contributed by atoms with Gasteiger partial charge in [-0.15, -0.1) is 24.5 Å². The Morgan fingerprint density at radius 1 is 1.14 bits per heavy atom. The molecular formula is C15H16F3NOS. The number of thiophene rings is 1. The molecule has 0 saturated heterocycles. The van der Waals surface area contributed by atoms with Crippen LogP contribution in [0.3, 0.4) is 0 Å². The van der Waals surface area contributed by atoms with Crippen LogP contribution in [-0.2, 0) is 12.8 Å². The van der Waals surface area contributed by atoms with Gasteiger partial charge in [0.1, 0.15) is 5.75 Å². The predicted molar refractivity (Wildman–Crippen MR) is 77.5 cm³/mol. The van der Waals surface area contributed by atoms with Crippen LogP contribution in [0, 0.1) is 0 Å². The summed E-state index contributed by atoms with van der Waals surface area (Å²) in [6, 6.07) is 9.74. The highest BCUT2D eigenvalue weighted by Gasteiger charge is 2.30. The summed E-state index contributed by atoms with van der Waals surface area (Å²) in [5.41, 5.74) is 7.01. The third kappa shape index (κ3) is 4.75. The normalized spacial score (nSPS) is 13.2. The fourth-order valence-corrected chi connectivity index (χ4v) is 2.92. The van der Waals surface area contributed by atoms with E-state index in [4.69, 9.17) is 5.73 Å². The van der Waals surface area contributed by atoms with Crippen molar-refractivity contribution in [3.05, 3.63) is 51.7 Å². The van der Waals surface area contributed by atoms with Crippen LogP contribution in [0.5, 0.6) is 5.75 Å². The molecule has 0 bridgehead atoms. The topological polar surface area (TPSA) is 35.2 Å². The first-order valence-electron chi connectivity index (χ1n) is 6.56. The predicted octanol–water partition coefficient (Wildman–Crippen LogP) is 4.45. The minimum Gasteiger partial charge on any atom is -0.406 e. The lowest BCUT2D eigenvalue weighted by Gasteiger charge is -2.11. The van der Waals surface area contributed by atoms with E-state index in [2.05, 4.69) is 17.7 Å². The van der Waals surface area contributed by atoms with Crippen molar-refractivity contribution < 1.29 is 17.9 Å². The van der Waals surface area contributed by atoms with Crippen molar-refractivity contribution in [2.45, 2.75) is 32.2 Å². The van der Waals surface area contributed by atoms with Gasteiger partial charge in [-0.2, -0.15) is 0 Å². The average Bonchev–Trinajstić information content (AvgIpc) is 2.88. The second-order valence-corrected chi connectivity index (χ2v) is 5.86. The lowest BCUT2D eigenvalue weighted by Crippen LogP contribution is -2.17. The maximum Gasteiger partial charge on any atom is 0.573 e. The molecule has 0 amide bonds. The molecule has 1 heterocycles. The lowest BCUT2D eigenvalue weighted by atomic mass is 10.1. The number of benzene rings is 1. The Balaban J connectivity index is 1.99. The molecule has 21 heavy (non-hydrogen) atoms. The summed E-state index contributed by atoms with van der Waals surface area (Å²) in [7, 11) is 0. The van der Waals surface area contributed by atoms with Crippen LogP contribution in [0.1, 0.15) is 28.3 Å². The van der Waals surface area contributed by atoms with Gasteiger partial charge in [0.05, 0.1) is 0 Å². The van der Waals surface area contributed by atoms with E-state index in [1.165, 1.54) is 17.0 Å². The second kappa shape index (κ2) is 6.49. The molecule has 114 valence electrons. The Morgan fingerprint density at radius 3 is 2.33 bits per heavy atom. The van der Waals surface area contributed by atoms with Gasteiger partial charge in [-0.05, 0) is 42.7 Å². The first-order chi connectivity index (χ1) is 9.87. The molecule has 1 aromatic heterocycles. The summed E-state index contributed by atoms with van der Waals surface area (Å²) in [5.74, 6) is -0.218. The molecule has 2 aromatic rings. The molecule has 2 nitrogen and oxygen atoms in total. The van der Waals surface area contributed by atoms with Gasteiger partial charge in [-0.3, -0.25) is 0 Å². The Bertz CT molecular complexity index is 577. The van der Waals surface area contributed by atoms with Crippen molar-refractivity contribution in [2.75, 3.05) is 0 Å². The van der Waals surface area contributed by atoms with Crippen LogP contribution in [0.2, 0.25) is 0 Å². The number of rotatable bonds is 5. The summed E-state index contributed by atoms with van der Waals surface area (Å²) in [6.07, 6.45) is -3.11. The zero-order valence-electron chi connectivity index (χ0n) is 11.5. The zero-order valence-corrected chi connectivity index (χ0v) is 12.3. The van der Waals surface area contributed by atoms with E-state index in [0.29, 0.717) is 6.42 Å². The van der Waals surface area contributed by atoms with Crippen LogP contribution in [0.4, 0.5) is 13.2 Å². The summed E-state index contributed by atoms with van der Waals surface area (Å²) in [4.78, 5) is 2.36. The van der Waals surface area contributed by atoms with Crippen LogP contribution >= 0.6 is 11.3 Å². The van der Waals surface area contributed by atoms with Crippen molar-refractivity contribution in [3.63, 3.8) is 0 Å². The first kappa shape index (κ1) is 15.9. The highest BCUT2D eigenvalue weighted by Crippen LogP contribution is 2.27. The minimum absolute atomic E-state index is 0.148. The van der Waals surface area contributed by atoms with Crippen molar-refractivity contribution in [1.29, 1.82) is 0 Å². The van der Waals surface area contributed by atoms with Gasteiger partial charge in [0.25, 0.3) is 0 Å². The lowest BCUT2D eigenvalue weighted by molar-refractivity contribution is -0.274. The van der Waals surface area contributed by atoms with Gasteiger partial charge in [0, 0.05) is 15.8 Å². The van der Waals surface area contributed by atoms with E-state index in [-0.39, 0.29) is 11.8 Å². The molecule has 1 aromatic carbocycles. The van der Waals surface area contributed by atoms with E-state index in [9.17, 15) is 13.2 Å². The second-order valence-electron chi connectivity index (χ2n) is 4.66. The quantitative estimate of drug-likeness (QED) is 0.884. The van der Waals surface area contributed by atoms with E-state index in [0.717, 1.165) is 16.9 Å². The highest BCUT2D eigenvalue weighted by atomic mass is 32.1. The van der Waals surface area contributed by atoms with Crippen LogP contribution in [0.15, 0.2) is 36.4 Å². The highest BCUT2D eigenvalue weighted by molar-refractivity contribution is 7.12. The number of ether oxygens (including phenoxy) is 1. The Labute approximate surface area is 125 Å². The van der Waals surface area contributed by atoms with Gasteiger partial charge < -0.3 is 10.5 Å². The van der Waals surface area contributed by atoms with Gasteiger partial charge in [-0.1, -0.05) is 19.1 Å². The number of nitrogens with two attached hydrogens (primary N) is 1. The summed E-state index contributed by atoms with van der Waals surface area (Å²) < 4.78 is 40.0. The monoisotopic (exact) mass is 315 g/mol. The number of hydrogen-bond donors (Lipinski definition) is 1. The van der Waals surface area contributed by atoms with Gasteiger partial charge in [-0.25, -0.2) is 0 Å². The van der Waals surface area contributed by atoms with Crippen molar-refractivity contribution >= 4 is 11.3 Å². The Kier molecular flexibility index (Phi) is 4.90. The molecule has 0 saturated carbocycles. The fraction of sp³-hybridized carbons (Fsp3) is 0.333. The number of aryl methyl sites for hydroxylation is 1. The van der Waals surface area contributed by atoms with E-state index >= 15 is 0 Å². The van der Waals surface area contributed by atoms with Gasteiger partial charge >= 0.3 is 6.36 Å². The SMILES string of the molecule is CCc1ccc(C(N)Cc2ccc(OC(F)(F)F)cc2)s1. The molecule has 0 aliphatic rings. The largest absolute Gasteiger partial charge is 0.573 e. The zero-order chi connectivity index (χ0) is 15.5. The summed E-state index contributed by atoms with van der Waals surface area (Å²) >= 11 is 1.67. The third-order valence-electron chi connectivity index (χ3n) is 3.01. The fourth-order valence-electron chi connectivity index (χ4n) is 1.97. The minimum atomic E-state index is -4.66. The molecular weight excluding hydrogens is 299 g/mol. The number of halogens is 3. The van der Waals surface area contributed by atoms with Crippen molar-refractivity contribution in [3.8, 4) is 5.75 Å². The maximum absolute atomic E-state index is 12.1. The number of alkyl halides is 3. The molecule has 1 atom stereocenters. The molecule has 6 heteroatoms. The molecule has 0 radical (unpaired) electrons. The molecule has 0 fully saturated rings. The molecule has 2 N–H and O–H groups in total. The van der Waals surface area contributed by atoms with Crippen molar-refractivity contribution in [1.82, 2.24) is 0 Å². The van der Waals surface area contributed by atoms with Crippen LogP contribution < -0.4 is 10.5 Å². The smallest absolute Gasteiger partial charge is 0.406 e. The average molecular weight is 315 g/mol. The molecule has 2 rings (SSSR count). The first-order valence-corrected chi connectivity index (χ1v) is 7.38. The molecule has 0 aliphatic heterocycles. The van der Waals surface area contributed by atoms with Crippen LogP contribution in [0.25, 0.3) is 0 Å².